The number of rotatable bonds is 30. The van der Waals surface area contributed by atoms with Crippen LogP contribution in [0.5, 0.6) is 0 Å². The maximum Gasteiger partial charge on any atom is 0.197 e. The normalized spacial score (nSPS) is 14.3. The summed E-state index contributed by atoms with van der Waals surface area (Å²) in [5.41, 5.74) is 5.54. The van der Waals surface area contributed by atoms with E-state index in [9.17, 15) is 0 Å². The van der Waals surface area contributed by atoms with Gasteiger partial charge in [0.1, 0.15) is 11.6 Å². The van der Waals surface area contributed by atoms with E-state index in [1.807, 2.05) is 23.5 Å². The molecule has 0 saturated carbocycles. The lowest BCUT2D eigenvalue weighted by Crippen LogP contribution is -2.22. The number of ketones is 2. The van der Waals surface area contributed by atoms with Crippen LogP contribution < -0.4 is 0 Å². The van der Waals surface area contributed by atoms with Gasteiger partial charge in [0.2, 0.25) is 0 Å². The molecule has 8 aromatic heterocycles. The highest BCUT2D eigenvalue weighted by Crippen LogP contribution is 2.57. The van der Waals surface area contributed by atoms with Gasteiger partial charge in [-0.3, -0.25) is 9.59 Å². The van der Waals surface area contributed by atoms with Gasteiger partial charge in [-0.05, 0) is 110 Å². The summed E-state index contributed by atoms with van der Waals surface area (Å²) in [5.74, 6) is 1.55. The van der Waals surface area contributed by atoms with Gasteiger partial charge in [0.05, 0.1) is 16.0 Å². The Morgan fingerprint density at radius 3 is 1.56 bits per heavy atom. The summed E-state index contributed by atoms with van der Waals surface area (Å²) in [5, 5.41) is 4.39. The molecule has 1 aliphatic rings. The van der Waals surface area contributed by atoms with E-state index in [2.05, 4.69) is 126 Å². The van der Waals surface area contributed by atoms with Crippen molar-refractivity contribution in [2.45, 2.75) is 236 Å². The summed E-state index contributed by atoms with van der Waals surface area (Å²) >= 11 is 13.6. The third-order valence-corrected chi connectivity index (χ3v) is 29.0. The van der Waals surface area contributed by atoms with Crippen molar-refractivity contribution in [1.82, 2.24) is 0 Å². The average molecular weight is 1320 g/mol. The molecule has 9 aromatic rings. The van der Waals surface area contributed by atoms with E-state index in [0.717, 1.165) is 219 Å². The number of benzene rings is 1. The molecular formula is C75H92F2O2S8. The lowest BCUT2D eigenvalue weighted by atomic mass is 9.81. The van der Waals surface area contributed by atoms with Gasteiger partial charge in [-0.2, -0.15) is 0 Å². The molecule has 0 amide bonds. The van der Waals surface area contributed by atoms with Crippen molar-refractivity contribution in [3.05, 3.63) is 111 Å². The van der Waals surface area contributed by atoms with Crippen LogP contribution in [0.25, 0.3) is 71.0 Å². The molecule has 2 nitrogen and oxygen atoms in total. The number of hydrogen-bond acceptors (Lipinski definition) is 10. The van der Waals surface area contributed by atoms with E-state index in [1.165, 1.54) is 9.75 Å². The topological polar surface area (TPSA) is 34.1 Å². The third-order valence-electron chi connectivity index (χ3n) is 18.6. The van der Waals surface area contributed by atoms with Gasteiger partial charge < -0.3 is 0 Å². The molecule has 0 aliphatic heterocycles. The summed E-state index contributed by atoms with van der Waals surface area (Å²) in [4.78, 5) is 45.4. The maximum atomic E-state index is 16.8. The van der Waals surface area contributed by atoms with E-state index in [0.29, 0.717) is 40.0 Å². The molecule has 87 heavy (non-hydrogen) atoms. The molecule has 0 fully saturated rings. The molecule has 1 aromatic carbocycles. The van der Waals surface area contributed by atoms with Crippen LogP contribution in [-0.2, 0) is 24.7 Å². The molecule has 8 heterocycles. The standard InChI is InChI=1S/C75H92F2O2S8/c1-14-22-26-30-46(21-8)70-51(77)40-60(86-70)63-49-38-56(85-73(49)62(48-37-53(42(9)10)84-72(48)63)59-39-50(76)54(81-59)33-43(18-5)27-23-15-2)55-36-47(41-80-55)71-66-67(74(87-71)52-31-32-61(83-52)75(11,12)13)69(79)65-58(35-45(20-7)29-25-17-4)82-57(64(65)68(66)78)34-44(19-6)28-24-16-3/h31-32,36-46H,14-30,33-35H2,1-13H3. The Morgan fingerprint density at radius 2 is 1.01 bits per heavy atom. The van der Waals surface area contributed by atoms with Gasteiger partial charge >= 0.3 is 0 Å². The van der Waals surface area contributed by atoms with Crippen LogP contribution in [0.3, 0.4) is 0 Å². The molecule has 4 atom stereocenters. The number of thiophene rings is 8. The first-order valence-electron chi connectivity index (χ1n) is 33.1. The van der Waals surface area contributed by atoms with Crippen LogP contribution in [0, 0.1) is 29.4 Å². The highest BCUT2D eigenvalue weighted by atomic mass is 32.1. The van der Waals surface area contributed by atoms with Crippen molar-refractivity contribution in [3.8, 4) is 50.8 Å². The van der Waals surface area contributed by atoms with Crippen LogP contribution in [0.4, 0.5) is 8.78 Å². The van der Waals surface area contributed by atoms with Gasteiger partial charge in [0.25, 0.3) is 0 Å². The first kappa shape index (κ1) is 66.5. The quantitative estimate of drug-likeness (QED) is 0.0421. The molecule has 0 spiro atoms. The lowest BCUT2D eigenvalue weighted by Gasteiger charge is -2.19. The summed E-state index contributed by atoms with van der Waals surface area (Å²) in [6, 6.07) is 15.0. The monoisotopic (exact) mass is 1320 g/mol. The molecule has 4 unspecified atom stereocenters. The molecule has 0 saturated heterocycles. The number of halogens is 2. The minimum absolute atomic E-state index is 0.00952. The van der Waals surface area contributed by atoms with Gasteiger partial charge in [0.15, 0.2) is 11.6 Å². The number of fused-ring (bicyclic) bond motifs is 4. The Morgan fingerprint density at radius 1 is 0.460 bits per heavy atom. The largest absolute Gasteiger partial charge is 0.288 e. The second-order valence-corrected chi connectivity index (χ2v) is 34.9. The highest BCUT2D eigenvalue weighted by molar-refractivity contribution is 7.28. The number of carbonyl (C=O) groups is 2. The van der Waals surface area contributed by atoms with Crippen LogP contribution in [-0.4, -0.2) is 11.6 Å². The zero-order valence-electron chi connectivity index (χ0n) is 54.0. The number of hydrogen-bond donors (Lipinski definition) is 0. The van der Waals surface area contributed by atoms with Crippen LogP contribution in [0.1, 0.15) is 272 Å². The van der Waals surface area contributed by atoms with Crippen molar-refractivity contribution < 1.29 is 18.4 Å². The Hall–Kier alpha value is -3.46. The zero-order valence-corrected chi connectivity index (χ0v) is 60.5. The molecule has 10 rings (SSSR count). The minimum Gasteiger partial charge on any atom is -0.288 e. The summed E-state index contributed by atoms with van der Waals surface area (Å²) in [7, 11) is 0. The van der Waals surface area contributed by atoms with Gasteiger partial charge in [-0.15, -0.1) is 90.7 Å². The first-order valence-corrected chi connectivity index (χ1v) is 39.7. The van der Waals surface area contributed by atoms with Crippen molar-refractivity contribution in [2.24, 2.45) is 17.8 Å². The van der Waals surface area contributed by atoms with Gasteiger partial charge in [-0.1, -0.05) is 186 Å². The fraction of sp³-hybridized carbons (Fsp3) is 0.520. The van der Waals surface area contributed by atoms with Crippen LogP contribution in [0.15, 0.2) is 47.8 Å². The summed E-state index contributed by atoms with van der Waals surface area (Å²) in [6.07, 6.45) is 20.9. The van der Waals surface area contributed by atoms with E-state index in [-0.39, 0.29) is 40.5 Å². The molecule has 0 radical (unpaired) electrons. The average Bonchev–Trinajstić information content (AvgIpc) is 1.60. The fourth-order valence-electron chi connectivity index (χ4n) is 13.2. The van der Waals surface area contributed by atoms with E-state index in [4.69, 9.17) is 0 Å². The SMILES string of the molecule is CCCCCC(CC)c1sc(-c2c3cc(-c4cc(-c5sc(-c6ccc(C(C)(C)C)s6)c6c5C(=O)c5c(CC(CC)CCCC)sc(CC(CC)CCCC)c5C6=O)cs4)sc3c(-c3cc(F)c(CC(CC)CCCC)s3)c3cc(C(C)C)sc23)cc1F. The van der Waals surface area contributed by atoms with E-state index < -0.39 is 0 Å². The van der Waals surface area contributed by atoms with Crippen molar-refractivity contribution in [3.63, 3.8) is 0 Å². The Kier molecular flexibility index (Phi) is 22.2. The smallest absolute Gasteiger partial charge is 0.197 e. The second-order valence-electron chi connectivity index (χ2n) is 26.3. The van der Waals surface area contributed by atoms with Crippen LogP contribution in [0.2, 0.25) is 0 Å². The van der Waals surface area contributed by atoms with Gasteiger partial charge in [-0.25, -0.2) is 8.78 Å². The lowest BCUT2D eigenvalue weighted by molar-refractivity contribution is 0.0980. The van der Waals surface area contributed by atoms with Crippen LogP contribution >= 0.6 is 90.7 Å². The summed E-state index contributed by atoms with van der Waals surface area (Å²) < 4.78 is 35.7. The number of carbonyl (C=O) groups excluding carboxylic acids is 2. The molecular weight excluding hydrogens is 1230 g/mol. The highest BCUT2D eigenvalue weighted by Gasteiger charge is 2.42. The number of unbranched alkanes of at least 4 members (excludes halogenated alkanes) is 5. The maximum absolute atomic E-state index is 16.8. The Bertz CT molecular complexity index is 3840. The Balaban J connectivity index is 1.17. The molecule has 12 heteroatoms. The Labute approximate surface area is 551 Å². The fourth-order valence-corrected chi connectivity index (χ4v) is 23.4. The zero-order chi connectivity index (χ0) is 62.0. The predicted molar refractivity (Wildman–Crippen MR) is 386 cm³/mol. The second kappa shape index (κ2) is 29.0. The summed E-state index contributed by atoms with van der Waals surface area (Å²) in [6.45, 7) is 29.2. The first-order chi connectivity index (χ1) is 41.9. The minimum atomic E-state index is -0.117. The molecule has 466 valence electrons. The predicted octanol–water partition coefficient (Wildman–Crippen LogP) is 27.6. The third kappa shape index (κ3) is 13.7. The van der Waals surface area contributed by atoms with Gasteiger partial charge in [0, 0.05) is 112 Å². The van der Waals surface area contributed by atoms with E-state index >= 15 is 18.4 Å². The molecule has 1 aliphatic carbocycles. The van der Waals surface area contributed by atoms with Crippen molar-refractivity contribution in [1.29, 1.82) is 0 Å². The molecule has 0 N–H and O–H groups in total. The molecule has 0 bridgehead atoms. The van der Waals surface area contributed by atoms with Crippen molar-refractivity contribution >= 4 is 122 Å². The van der Waals surface area contributed by atoms with E-state index in [1.54, 1.807) is 79.4 Å². The van der Waals surface area contributed by atoms with Crippen molar-refractivity contribution in [2.75, 3.05) is 0 Å².